The van der Waals surface area contributed by atoms with Gasteiger partial charge in [0.25, 0.3) is 5.91 Å². The third-order valence-electron chi connectivity index (χ3n) is 4.07. The number of rotatable bonds is 5. The van der Waals surface area contributed by atoms with Gasteiger partial charge in [-0.2, -0.15) is 5.26 Å². The van der Waals surface area contributed by atoms with E-state index < -0.39 is 0 Å². The minimum Gasteiger partial charge on any atom is -0.493 e. The van der Waals surface area contributed by atoms with Crippen LogP contribution in [0.1, 0.15) is 37.7 Å². The third kappa shape index (κ3) is 4.63. The van der Waals surface area contributed by atoms with E-state index in [0.717, 1.165) is 34.8 Å². The average Bonchev–Trinajstić information content (AvgIpc) is 2.59. The van der Waals surface area contributed by atoms with Crippen LogP contribution in [0.15, 0.2) is 17.7 Å². The smallest absolute Gasteiger partial charge is 0.262 e. The van der Waals surface area contributed by atoms with Gasteiger partial charge in [-0.15, -0.1) is 0 Å². The highest BCUT2D eigenvalue weighted by Gasteiger charge is 2.18. The first kappa shape index (κ1) is 18.6. The van der Waals surface area contributed by atoms with Crippen molar-refractivity contribution in [3.8, 4) is 17.6 Å². The summed E-state index contributed by atoms with van der Waals surface area (Å²) in [4.78, 5) is 12.3. The van der Waals surface area contributed by atoms with Crippen LogP contribution in [-0.2, 0) is 4.79 Å². The summed E-state index contributed by atoms with van der Waals surface area (Å²) in [6.07, 6.45) is 7.03. The molecule has 0 unspecified atom stereocenters. The largest absolute Gasteiger partial charge is 0.493 e. The van der Waals surface area contributed by atoms with Crippen molar-refractivity contribution in [2.75, 3.05) is 14.2 Å². The minimum atomic E-state index is -0.311. The number of carbonyl (C=O) groups excluding carboxylic acids is 1. The van der Waals surface area contributed by atoms with Crippen molar-refractivity contribution in [1.29, 1.82) is 5.26 Å². The van der Waals surface area contributed by atoms with Crippen molar-refractivity contribution in [3.05, 3.63) is 26.8 Å². The van der Waals surface area contributed by atoms with Gasteiger partial charge in [-0.1, -0.05) is 19.3 Å². The molecule has 0 heterocycles. The highest BCUT2D eigenvalue weighted by Crippen LogP contribution is 2.34. The van der Waals surface area contributed by atoms with E-state index in [4.69, 9.17) is 9.47 Å². The van der Waals surface area contributed by atoms with Gasteiger partial charge in [0.05, 0.1) is 17.8 Å². The lowest BCUT2D eigenvalue weighted by Gasteiger charge is -2.22. The molecule has 2 rings (SSSR count). The van der Waals surface area contributed by atoms with E-state index in [2.05, 4.69) is 27.9 Å². The van der Waals surface area contributed by atoms with Gasteiger partial charge in [0.15, 0.2) is 11.5 Å². The van der Waals surface area contributed by atoms with Crippen molar-refractivity contribution in [2.24, 2.45) is 0 Å². The number of carbonyl (C=O) groups is 1. The van der Waals surface area contributed by atoms with E-state index in [-0.39, 0.29) is 17.5 Å². The fraction of sp³-hybridized carbons (Fsp3) is 0.444. The lowest BCUT2D eigenvalue weighted by Crippen LogP contribution is -2.36. The Hall–Kier alpha value is -1.75. The molecular weight excluding hydrogens is 419 g/mol. The molecule has 6 heteroatoms. The van der Waals surface area contributed by atoms with Gasteiger partial charge in [0, 0.05) is 6.04 Å². The fourth-order valence-electron chi connectivity index (χ4n) is 2.85. The summed E-state index contributed by atoms with van der Waals surface area (Å²) in [6, 6.07) is 5.79. The molecule has 0 saturated heterocycles. The molecule has 1 saturated carbocycles. The Labute approximate surface area is 156 Å². The first-order valence-corrected chi connectivity index (χ1v) is 9.01. The Morgan fingerprint density at radius 2 is 2.00 bits per heavy atom. The number of ether oxygens (including phenoxy) is 2. The predicted octanol–water partition coefficient (Wildman–Crippen LogP) is 3.66. The number of hydrogen-bond donors (Lipinski definition) is 1. The molecule has 1 aliphatic rings. The molecule has 128 valence electrons. The molecule has 1 aromatic carbocycles. The Bertz CT molecular complexity index is 674. The summed E-state index contributed by atoms with van der Waals surface area (Å²) in [5.41, 5.74) is 0.830. The topological polar surface area (TPSA) is 71.3 Å². The number of methoxy groups -OCH3 is 2. The van der Waals surface area contributed by atoms with E-state index in [0.29, 0.717) is 11.5 Å². The van der Waals surface area contributed by atoms with Gasteiger partial charge >= 0.3 is 0 Å². The number of benzene rings is 1. The standard InChI is InChI=1S/C18H21IN2O3/c1-23-16-10-12(9-15(19)17(16)24-2)8-13(11-20)18(22)21-14-6-4-3-5-7-14/h8-10,14H,3-7H2,1-2H3,(H,21,22)/b13-8-. The SMILES string of the molecule is COc1cc(/C=C(/C#N)C(=O)NC2CCCCC2)cc(I)c1OC. The molecule has 0 atom stereocenters. The Morgan fingerprint density at radius 3 is 2.58 bits per heavy atom. The van der Waals surface area contributed by atoms with Gasteiger partial charge in [-0.3, -0.25) is 4.79 Å². The van der Waals surface area contributed by atoms with E-state index >= 15 is 0 Å². The van der Waals surface area contributed by atoms with E-state index in [9.17, 15) is 10.1 Å². The lowest BCUT2D eigenvalue weighted by molar-refractivity contribution is -0.117. The summed E-state index contributed by atoms with van der Waals surface area (Å²) in [6.45, 7) is 0. The molecule has 0 spiro atoms. The molecule has 1 amide bonds. The van der Waals surface area contributed by atoms with Crippen molar-refractivity contribution < 1.29 is 14.3 Å². The molecule has 24 heavy (non-hydrogen) atoms. The summed E-state index contributed by atoms with van der Waals surface area (Å²) in [7, 11) is 3.14. The van der Waals surface area contributed by atoms with Crippen LogP contribution in [0.2, 0.25) is 0 Å². The number of amides is 1. The highest BCUT2D eigenvalue weighted by molar-refractivity contribution is 14.1. The van der Waals surface area contributed by atoms with Crippen LogP contribution in [0.25, 0.3) is 6.08 Å². The van der Waals surface area contributed by atoms with Gasteiger partial charge in [0.1, 0.15) is 11.6 Å². The summed E-state index contributed by atoms with van der Waals surface area (Å²) >= 11 is 2.14. The Morgan fingerprint density at radius 1 is 1.29 bits per heavy atom. The van der Waals surface area contributed by atoms with Crippen LogP contribution in [0.5, 0.6) is 11.5 Å². The summed E-state index contributed by atoms with van der Waals surface area (Å²) in [5, 5.41) is 12.3. The molecule has 0 aromatic heterocycles. The van der Waals surface area contributed by atoms with Crippen LogP contribution in [-0.4, -0.2) is 26.2 Å². The second kappa shape index (κ2) is 8.92. The van der Waals surface area contributed by atoms with Gasteiger partial charge in [0.2, 0.25) is 0 Å². The van der Waals surface area contributed by atoms with Gasteiger partial charge < -0.3 is 14.8 Å². The molecule has 1 fully saturated rings. The quantitative estimate of drug-likeness (QED) is 0.431. The Balaban J connectivity index is 2.21. The fourth-order valence-corrected chi connectivity index (χ4v) is 3.69. The van der Waals surface area contributed by atoms with Crippen LogP contribution >= 0.6 is 22.6 Å². The predicted molar refractivity (Wildman–Crippen MR) is 101 cm³/mol. The molecule has 5 nitrogen and oxygen atoms in total. The van der Waals surface area contributed by atoms with Crippen molar-refractivity contribution in [3.63, 3.8) is 0 Å². The van der Waals surface area contributed by atoms with Crippen molar-refractivity contribution >= 4 is 34.6 Å². The second-order valence-electron chi connectivity index (χ2n) is 5.72. The maximum absolute atomic E-state index is 12.3. The average molecular weight is 440 g/mol. The number of hydrogen-bond acceptors (Lipinski definition) is 4. The molecule has 1 aliphatic carbocycles. The second-order valence-corrected chi connectivity index (χ2v) is 6.88. The molecular formula is C18H21IN2O3. The lowest BCUT2D eigenvalue weighted by atomic mass is 9.95. The zero-order valence-corrected chi connectivity index (χ0v) is 16.1. The number of nitriles is 1. The molecule has 0 radical (unpaired) electrons. The molecule has 0 bridgehead atoms. The van der Waals surface area contributed by atoms with Crippen LogP contribution in [0.4, 0.5) is 0 Å². The first-order valence-electron chi connectivity index (χ1n) is 7.93. The van der Waals surface area contributed by atoms with E-state index in [1.807, 2.05) is 12.1 Å². The normalized spacial score (nSPS) is 15.5. The summed E-state index contributed by atoms with van der Waals surface area (Å²) < 4.78 is 11.5. The maximum Gasteiger partial charge on any atom is 0.262 e. The maximum atomic E-state index is 12.3. The van der Waals surface area contributed by atoms with Crippen LogP contribution in [0.3, 0.4) is 0 Å². The van der Waals surface area contributed by atoms with E-state index in [1.54, 1.807) is 26.4 Å². The Kier molecular flexibility index (Phi) is 6.91. The summed E-state index contributed by atoms with van der Waals surface area (Å²) in [5.74, 6) is 0.898. The third-order valence-corrected chi connectivity index (χ3v) is 4.87. The number of nitrogens with zero attached hydrogens (tertiary/aromatic N) is 1. The van der Waals surface area contributed by atoms with Gasteiger partial charge in [-0.25, -0.2) is 0 Å². The van der Waals surface area contributed by atoms with Crippen molar-refractivity contribution in [1.82, 2.24) is 5.32 Å². The molecule has 1 N–H and O–H groups in total. The minimum absolute atomic E-state index is 0.101. The zero-order chi connectivity index (χ0) is 17.5. The van der Waals surface area contributed by atoms with Crippen LogP contribution < -0.4 is 14.8 Å². The monoisotopic (exact) mass is 440 g/mol. The van der Waals surface area contributed by atoms with Crippen LogP contribution in [0, 0.1) is 14.9 Å². The van der Waals surface area contributed by atoms with Gasteiger partial charge in [-0.05, 0) is 59.2 Å². The highest BCUT2D eigenvalue weighted by atomic mass is 127. The van der Waals surface area contributed by atoms with Crippen molar-refractivity contribution in [2.45, 2.75) is 38.1 Å². The first-order chi connectivity index (χ1) is 11.6. The molecule has 0 aliphatic heterocycles. The van der Waals surface area contributed by atoms with E-state index in [1.165, 1.54) is 6.42 Å². The molecule has 1 aromatic rings. The zero-order valence-electron chi connectivity index (χ0n) is 13.9. The number of nitrogens with one attached hydrogen (secondary N) is 1. The number of halogens is 1.